The van der Waals surface area contributed by atoms with E-state index in [-0.39, 0.29) is 6.54 Å². The second-order valence-corrected chi connectivity index (χ2v) is 3.76. The predicted octanol–water partition coefficient (Wildman–Crippen LogP) is 1.55. The van der Waals surface area contributed by atoms with Gasteiger partial charge in [0.2, 0.25) is 0 Å². The van der Waals surface area contributed by atoms with Gasteiger partial charge in [-0.3, -0.25) is 4.90 Å². The zero-order chi connectivity index (χ0) is 7.90. The van der Waals surface area contributed by atoms with E-state index < -0.39 is 6.43 Å². The van der Waals surface area contributed by atoms with Gasteiger partial charge in [0.1, 0.15) is 0 Å². The topological polar surface area (TPSA) is 3.24 Å². The van der Waals surface area contributed by atoms with E-state index in [0.717, 1.165) is 25.9 Å². The summed E-state index contributed by atoms with van der Waals surface area (Å²) >= 11 is 0. The first kappa shape index (κ1) is 7.47. The molecule has 0 unspecified atom stereocenters. The number of alkyl halides is 2. The van der Waals surface area contributed by atoms with Crippen molar-refractivity contribution < 1.29 is 8.78 Å². The molecule has 2 fully saturated rings. The van der Waals surface area contributed by atoms with Crippen LogP contribution in [0.3, 0.4) is 0 Å². The average molecular weight is 160 g/mol. The van der Waals surface area contributed by atoms with Gasteiger partial charge in [0, 0.05) is 13.1 Å². The molecule has 0 aromatic rings. The molecular weight excluding hydrogens is 148 g/mol. The Morgan fingerprint density at radius 3 is 2.36 bits per heavy atom. The minimum Gasteiger partial charge on any atom is -0.297 e. The Kier molecular flexibility index (Phi) is 1.63. The lowest BCUT2D eigenvalue weighted by Crippen LogP contribution is -2.60. The van der Waals surface area contributed by atoms with Crippen molar-refractivity contribution in [3.63, 3.8) is 0 Å². The molecule has 0 aromatic heterocycles. The second-order valence-electron chi connectivity index (χ2n) is 3.76. The number of halogens is 2. The minimum absolute atomic E-state index is 0.0260. The van der Waals surface area contributed by atoms with E-state index in [1.807, 2.05) is 4.90 Å². The summed E-state index contributed by atoms with van der Waals surface area (Å²) in [5.74, 6) is 0. The zero-order valence-corrected chi connectivity index (χ0v) is 6.39. The van der Waals surface area contributed by atoms with Crippen LogP contribution >= 0.6 is 0 Å². The Morgan fingerprint density at radius 2 is 2.00 bits per heavy atom. The Morgan fingerprint density at radius 1 is 1.36 bits per heavy atom. The van der Waals surface area contributed by atoms with Crippen molar-refractivity contribution in [3.05, 3.63) is 6.42 Å². The maximum absolute atomic E-state index is 11.8. The summed E-state index contributed by atoms with van der Waals surface area (Å²) in [6, 6.07) is 0. The van der Waals surface area contributed by atoms with Gasteiger partial charge in [-0.15, -0.1) is 0 Å². The molecule has 1 aliphatic heterocycles. The van der Waals surface area contributed by atoms with Crippen LogP contribution in [0, 0.1) is 11.8 Å². The number of hydrogen-bond donors (Lipinski definition) is 0. The molecular formula is C8H12F2N. The van der Waals surface area contributed by atoms with Crippen molar-refractivity contribution in [3.8, 4) is 0 Å². The third kappa shape index (κ3) is 1.26. The highest BCUT2D eigenvalue weighted by Gasteiger charge is 2.47. The number of nitrogens with zero attached hydrogens (tertiary/aromatic N) is 1. The van der Waals surface area contributed by atoms with E-state index in [4.69, 9.17) is 0 Å². The molecule has 2 rings (SSSR count). The van der Waals surface area contributed by atoms with Crippen LogP contribution < -0.4 is 0 Å². The predicted molar refractivity (Wildman–Crippen MR) is 38.4 cm³/mol. The average Bonchev–Trinajstić information content (AvgIpc) is 1.71. The Bertz CT molecular complexity index is 146. The molecule has 1 heterocycles. The molecule has 1 nitrogen and oxygen atoms in total. The van der Waals surface area contributed by atoms with Crippen LogP contribution in [0.1, 0.15) is 12.8 Å². The lowest BCUT2D eigenvalue weighted by molar-refractivity contribution is -0.0601. The van der Waals surface area contributed by atoms with Gasteiger partial charge in [-0.25, -0.2) is 8.78 Å². The quantitative estimate of drug-likeness (QED) is 0.592. The molecule has 1 aliphatic carbocycles. The highest BCUT2D eigenvalue weighted by Crippen LogP contribution is 2.47. The molecule has 63 valence electrons. The van der Waals surface area contributed by atoms with Crippen molar-refractivity contribution in [1.82, 2.24) is 4.90 Å². The van der Waals surface area contributed by atoms with Crippen molar-refractivity contribution in [2.45, 2.75) is 19.3 Å². The number of rotatable bonds is 2. The monoisotopic (exact) mass is 160 g/mol. The molecule has 0 bridgehead atoms. The molecule has 1 saturated carbocycles. The molecule has 0 aromatic carbocycles. The smallest absolute Gasteiger partial charge is 0.251 e. The maximum atomic E-state index is 11.8. The third-order valence-corrected chi connectivity index (χ3v) is 2.67. The minimum atomic E-state index is -2.16. The van der Waals surface area contributed by atoms with E-state index in [2.05, 4.69) is 6.42 Å². The fourth-order valence-corrected chi connectivity index (χ4v) is 2.04. The largest absolute Gasteiger partial charge is 0.297 e. The Labute approximate surface area is 65.4 Å². The van der Waals surface area contributed by atoms with Crippen LogP contribution in [0.5, 0.6) is 0 Å². The Balaban J connectivity index is 1.71. The lowest BCUT2D eigenvalue weighted by atomic mass is 9.63. The molecule has 0 atom stereocenters. The SMILES string of the molecule is FC(F)CN1CC2(C[CH]C2)C1. The normalized spacial score (nSPS) is 28.6. The maximum Gasteiger partial charge on any atom is 0.251 e. The van der Waals surface area contributed by atoms with Gasteiger partial charge in [0.25, 0.3) is 6.43 Å². The Hall–Kier alpha value is -0.180. The molecule has 0 amide bonds. The summed E-state index contributed by atoms with van der Waals surface area (Å²) in [6.07, 6.45) is 2.37. The van der Waals surface area contributed by atoms with Gasteiger partial charge in [-0.05, 0) is 24.7 Å². The molecule has 1 radical (unpaired) electrons. The van der Waals surface area contributed by atoms with Crippen molar-refractivity contribution in [2.75, 3.05) is 19.6 Å². The zero-order valence-electron chi connectivity index (χ0n) is 6.39. The molecule has 0 N–H and O–H groups in total. The molecule has 3 heteroatoms. The van der Waals surface area contributed by atoms with Gasteiger partial charge in [0.05, 0.1) is 6.54 Å². The second kappa shape index (κ2) is 2.41. The van der Waals surface area contributed by atoms with Crippen LogP contribution in [0.2, 0.25) is 0 Å². The highest BCUT2D eigenvalue weighted by atomic mass is 19.3. The first-order valence-electron chi connectivity index (χ1n) is 4.02. The van der Waals surface area contributed by atoms with Gasteiger partial charge < -0.3 is 0 Å². The van der Waals surface area contributed by atoms with E-state index in [1.165, 1.54) is 0 Å². The van der Waals surface area contributed by atoms with Gasteiger partial charge >= 0.3 is 0 Å². The lowest BCUT2D eigenvalue weighted by Gasteiger charge is -2.55. The van der Waals surface area contributed by atoms with E-state index >= 15 is 0 Å². The first-order chi connectivity index (χ1) is 5.20. The van der Waals surface area contributed by atoms with Gasteiger partial charge in [0.15, 0.2) is 0 Å². The summed E-state index contributed by atoms with van der Waals surface area (Å²) in [5, 5.41) is 0. The molecule has 1 spiro atoms. The van der Waals surface area contributed by atoms with Crippen LogP contribution in [-0.2, 0) is 0 Å². The fourth-order valence-electron chi connectivity index (χ4n) is 2.04. The molecule has 11 heavy (non-hydrogen) atoms. The third-order valence-electron chi connectivity index (χ3n) is 2.67. The van der Waals surface area contributed by atoms with Crippen LogP contribution in [0.15, 0.2) is 0 Å². The number of hydrogen-bond acceptors (Lipinski definition) is 1. The fraction of sp³-hybridized carbons (Fsp3) is 0.875. The van der Waals surface area contributed by atoms with Crippen LogP contribution in [0.25, 0.3) is 0 Å². The summed E-state index contributed by atoms with van der Waals surface area (Å²) in [6.45, 7) is 1.77. The standard InChI is InChI=1S/C8H12F2N/c9-7(10)4-11-5-8(6-11)2-1-3-8/h1,7H,2-6H2. The van der Waals surface area contributed by atoms with Gasteiger partial charge in [-0.1, -0.05) is 0 Å². The molecule has 2 aliphatic rings. The van der Waals surface area contributed by atoms with Crippen molar-refractivity contribution >= 4 is 0 Å². The van der Waals surface area contributed by atoms with Crippen molar-refractivity contribution in [2.24, 2.45) is 5.41 Å². The summed E-state index contributed by atoms with van der Waals surface area (Å²) in [5.41, 5.74) is 0.439. The van der Waals surface area contributed by atoms with E-state index in [9.17, 15) is 8.78 Å². The van der Waals surface area contributed by atoms with E-state index in [1.54, 1.807) is 0 Å². The molecule has 1 saturated heterocycles. The van der Waals surface area contributed by atoms with Crippen LogP contribution in [0.4, 0.5) is 8.78 Å². The highest BCUT2D eigenvalue weighted by molar-refractivity contribution is 5.07. The summed E-state index contributed by atoms with van der Waals surface area (Å²) < 4.78 is 23.7. The van der Waals surface area contributed by atoms with E-state index in [0.29, 0.717) is 5.41 Å². The summed E-state index contributed by atoms with van der Waals surface area (Å²) in [4.78, 5) is 1.84. The van der Waals surface area contributed by atoms with Gasteiger partial charge in [-0.2, -0.15) is 0 Å². The summed E-state index contributed by atoms with van der Waals surface area (Å²) in [7, 11) is 0. The van der Waals surface area contributed by atoms with Crippen molar-refractivity contribution in [1.29, 1.82) is 0 Å². The van der Waals surface area contributed by atoms with Crippen LogP contribution in [-0.4, -0.2) is 31.0 Å². The first-order valence-corrected chi connectivity index (χ1v) is 4.02. The number of likely N-dealkylation sites (tertiary alicyclic amines) is 1.